The van der Waals surface area contributed by atoms with Gasteiger partial charge in [0.05, 0.1) is 0 Å². The molecule has 1 heterocycles. The molecule has 106 valence electrons. The molecule has 1 N–H and O–H groups in total. The van der Waals surface area contributed by atoms with Gasteiger partial charge in [0.2, 0.25) is 5.95 Å². The summed E-state index contributed by atoms with van der Waals surface area (Å²) in [5, 5.41) is 3.29. The van der Waals surface area contributed by atoms with Gasteiger partial charge in [-0.2, -0.15) is 0 Å². The summed E-state index contributed by atoms with van der Waals surface area (Å²) in [6.07, 6.45) is 7.70. The van der Waals surface area contributed by atoms with Crippen LogP contribution in [0.5, 0.6) is 0 Å². The van der Waals surface area contributed by atoms with E-state index in [1.165, 1.54) is 19.3 Å². The standard InChI is InChI=1S/C15H26N4/c1-4-16-9-13-10-17-15(18-11-13)19(14-5-6-14)8-7-12(2)3/h10-12,14,16H,4-9H2,1-3H3. The maximum Gasteiger partial charge on any atom is 0.225 e. The highest BCUT2D eigenvalue weighted by Crippen LogP contribution is 2.30. The first-order valence-corrected chi connectivity index (χ1v) is 7.49. The molecule has 1 aromatic rings. The normalized spacial score (nSPS) is 14.9. The Hall–Kier alpha value is -1.16. The molecule has 0 bridgehead atoms. The van der Waals surface area contributed by atoms with Gasteiger partial charge in [-0.05, 0) is 31.7 Å². The molecule has 1 aliphatic carbocycles. The van der Waals surface area contributed by atoms with E-state index in [0.717, 1.165) is 37.1 Å². The molecule has 0 spiro atoms. The van der Waals surface area contributed by atoms with Crippen LogP contribution in [-0.4, -0.2) is 29.1 Å². The van der Waals surface area contributed by atoms with Crippen molar-refractivity contribution in [2.24, 2.45) is 5.92 Å². The molecule has 0 amide bonds. The van der Waals surface area contributed by atoms with Gasteiger partial charge < -0.3 is 10.2 Å². The first-order valence-electron chi connectivity index (χ1n) is 7.49. The van der Waals surface area contributed by atoms with Crippen molar-refractivity contribution in [3.63, 3.8) is 0 Å². The molecule has 0 atom stereocenters. The van der Waals surface area contributed by atoms with Gasteiger partial charge in [0.1, 0.15) is 0 Å². The largest absolute Gasteiger partial charge is 0.338 e. The topological polar surface area (TPSA) is 41.1 Å². The molecule has 0 saturated heterocycles. The fourth-order valence-electron chi connectivity index (χ4n) is 2.09. The fourth-order valence-corrected chi connectivity index (χ4v) is 2.09. The Kier molecular flexibility index (Phi) is 5.14. The van der Waals surface area contributed by atoms with Gasteiger partial charge in [-0.15, -0.1) is 0 Å². The van der Waals surface area contributed by atoms with Crippen LogP contribution in [0, 0.1) is 5.92 Å². The lowest BCUT2D eigenvalue weighted by molar-refractivity contribution is 0.565. The van der Waals surface area contributed by atoms with Gasteiger partial charge in [-0.3, -0.25) is 0 Å². The summed E-state index contributed by atoms with van der Waals surface area (Å²) in [4.78, 5) is 11.5. The van der Waals surface area contributed by atoms with Gasteiger partial charge in [0, 0.05) is 37.1 Å². The lowest BCUT2D eigenvalue weighted by Gasteiger charge is -2.23. The summed E-state index contributed by atoms with van der Waals surface area (Å²) in [7, 11) is 0. The minimum absolute atomic E-state index is 0.679. The van der Waals surface area contributed by atoms with Crippen LogP contribution in [0.3, 0.4) is 0 Å². The Labute approximate surface area is 116 Å². The van der Waals surface area contributed by atoms with E-state index in [4.69, 9.17) is 0 Å². The predicted octanol–water partition coefficient (Wildman–Crippen LogP) is 2.60. The third kappa shape index (κ3) is 4.46. The van der Waals surface area contributed by atoms with Crippen LogP contribution in [0.4, 0.5) is 5.95 Å². The minimum atomic E-state index is 0.679. The SMILES string of the molecule is CCNCc1cnc(N(CCC(C)C)C2CC2)nc1. The molecule has 19 heavy (non-hydrogen) atoms. The second-order valence-corrected chi connectivity index (χ2v) is 5.78. The maximum atomic E-state index is 4.55. The van der Waals surface area contributed by atoms with E-state index in [2.05, 4.69) is 41.0 Å². The van der Waals surface area contributed by atoms with Crippen molar-refractivity contribution < 1.29 is 0 Å². The number of hydrogen-bond donors (Lipinski definition) is 1. The molecular formula is C15H26N4. The minimum Gasteiger partial charge on any atom is -0.338 e. The van der Waals surface area contributed by atoms with Crippen molar-refractivity contribution >= 4 is 5.95 Å². The molecule has 4 heteroatoms. The molecule has 0 aliphatic heterocycles. The Morgan fingerprint density at radius 3 is 2.53 bits per heavy atom. The van der Waals surface area contributed by atoms with E-state index in [1.54, 1.807) is 0 Å². The number of nitrogens with one attached hydrogen (secondary N) is 1. The Morgan fingerprint density at radius 1 is 1.32 bits per heavy atom. The smallest absolute Gasteiger partial charge is 0.225 e. The Bertz CT molecular complexity index is 370. The molecule has 0 aromatic carbocycles. The van der Waals surface area contributed by atoms with E-state index < -0.39 is 0 Å². The molecule has 1 aromatic heterocycles. The van der Waals surface area contributed by atoms with Gasteiger partial charge in [-0.1, -0.05) is 20.8 Å². The van der Waals surface area contributed by atoms with Crippen LogP contribution in [0.1, 0.15) is 45.6 Å². The highest BCUT2D eigenvalue weighted by Gasteiger charge is 2.30. The monoisotopic (exact) mass is 262 g/mol. The first-order chi connectivity index (χ1) is 9.20. The second-order valence-electron chi connectivity index (χ2n) is 5.78. The molecule has 1 saturated carbocycles. The summed E-state index contributed by atoms with van der Waals surface area (Å²) in [6.45, 7) is 9.55. The predicted molar refractivity (Wildman–Crippen MR) is 79.2 cm³/mol. The van der Waals surface area contributed by atoms with Gasteiger partial charge in [-0.25, -0.2) is 9.97 Å². The van der Waals surface area contributed by atoms with Crippen molar-refractivity contribution in [2.75, 3.05) is 18.0 Å². The van der Waals surface area contributed by atoms with Crippen molar-refractivity contribution in [3.8, 4) is 0 Å². The average Bonchev–Trinajstić information content (AvgIpc) is 3.22. The van der Waals surface area contributed by atoms with Gasteiger partial charge in [0.15, 0.2) is 0 Å². The summed E-state index contributed by atoms with van der Waals surface area (Å²) in [5.41, 5.74) is 1.16. The Morgan fingerprint density at radius 2 is 2.00 bits per heavy atom. The number of nitrogens with zero attached hydrogens (tertiary/aromatic N) is 3. The summed E-state index contributed by atoms with van der Waals surface area (Å²) >= 11 is 0. The van der Waals surface area contributed by atoms with Crippen LogP contribution in [0.15, 0.2) is 12.4 Å². The zero-order valence-corrected chi connectivity index (χ0v) is 12.4. The summed E-state index contributed by atoms with van der Waals surface area (Å²) < 4.78 is 0. The maximum absolute atomic E-state index is 4.55. The van der Waals surface area contributed by atoms with Crippen molar-refractivity contribution in [2.45, 2.75) is 52.6 Å². The van der Waals surface area contributed by atoms with Gasteiger partial charge in [0.25, 0.3) is 0 Å². The molecule has 2 rings (SSSR count). The zero-order chi connectivity index (χ0) is 13.7. The van der Waals surface area contributed by atoms with Crippen LogP contribution in [-0.2, 0) is 6.54 Å². The van der Waals surface area contributed by atoms with Crippen LogP contribution < -0.4 is 10.2 Å². The van der Waals surface area contributed by atoms with E-state index in [9.17, 15) is 0 Å². The van der Waals surface area contributed by atoms with Crippen molar-refractivity contribution in [3.05, 3.63) is 18.0 Å². The Balaban J connectivity index is 1.96. The van der Waals surface area contributed by atoms with E-state index in [1.807, 2.05) is 12.4 Å². The lowest BCUT2D eigenvalue weighted by Crippen LogP contribution is -2.29. The lowest BCUT2D eigenvalue weighted by atomic mass is 10.1. The van der Waals surface area contributed by atoms with Crippen molar-refractivity contribution in [1.29, 1.82) is 0 Å². The molecule has 1 fully saturated rings. The average molecular weight is 262 g/mol. The quantitative estimate of drug-likeness (QED) is 0.782. The molecular weight excluding hydrogens is 236 g/mol. The number of anilines is 1. The van der Waals surface area contributed by atoms with Crippen LogP contribution in [0.25, 0.3) is 0 Å². The highest BCUT2D eigenvalue weighted by molar-refractivity contribution is 5.34. The van der Waals surface area contributed by atoms with E-state index in [-0.39, 0.29) is 0 Å². The molecule has 1 aliphatic rings. The third-order valence-electron chi connectivity index (χ3n) is 3.46. The second kappa shape index (κ2) is 6.85. The van der Waals surface area contributed by atoms with Crippen molar-refractivity contribution in [1.82, 2.24) is 15.3 Å². The molecule has 4 nitrogen and oxygen atoms in total. The van der Waals surface area contributed by atoms with Crippen LogP contribution in [0.2, 0.25) is 0 Å². The third-order valence-corrected chi connectivity index (χ3v) is 3.46. The number of rotatable bonds is 8. The van der Waals surface area contributed by atoms with E-state index in [0.29, 0.717) is 6.04 Å². The molecule has 0 unspecified atom stereocenters. The fraction of sp³-hybridized carbons (Fsp3) is 0.733. The zero-order valence-electron chi connectivity index (χ0n) is 12.4. The molecule has 0 radical (unpaired) electrons. The first kappa shape index (κ1) is 14.3. The summed E-state index contributed by atoms with van der Waals surface area (Å²) in [5.74, 6) is 1.64. The van der Waals surface area contributed by atoms with Crippen LogP contribution >= 0.6 is 0 Å². The van der Waals surface area contributed by atoms with Gasteiger partial charge >= 0.3 is 0 Å². The summed E-state index contributed by atoms with van der Waals surface area (Å²) in [6, 6.07) is 0.679. The number of hydrogen-bond acceptors (Lipinski definition) is 4. The number of aromatic nitrogens is 2. The highest BCUT2D eigenvalue weighted by atomic mass is 15.3. The van der Waals surface area contributed by atoms with E-state index >= 15 is 0 Å².